The number of aryl methyl sites for hydroxylation is 1. The first-order valence-electron chi connectivity index (χ1n) is 4.91. The molecule has 2 aromatic rings. The molecule has 5 heteroatoms. The van der Waals surface area contributed by atoms with Gasteiger partial charge in [0.25, 0.3) is 0 Å². The Morgan fingerprint density at radius 3 is 2.24 bits per heavy atom. The van der Waals surface area contributed by atoms with Gasteiger partial charge in [-0.3, -0.25) is 4.79 Å². The highest BCUT2D eigenvalue weighted by Crippen LogP contribution is 2.29. The third kappa shape index (κ3) is 2.36. The molecule has 0 bridgehead atoms. The second kappa shape index (κ2) is 5.10. The number of halogens is 1. The molecule has 0 spiro atoms. The van der Waals surface area contributed by atoms with Crippen LogP contribution in [0.3, 0.4) is 0 Å². The van der Waals surface area contributed by atoms with Gasteiger partial charge in [0.05, 0.1) is 19.7 Å². The van der Waals surface area contributed by atoms with Crippen molar-refractivity contribution >= 4 is 23.3 Å². The van der Waals surface area contributed by atoms with Crippen molar-refractivity contribution in [3.8, 4) is 11.5 Å². The molecular weight excluding hydrogens is 242 g/mol. The highest BCUT2D eigenvalue weighted by Gasteiger charge is 2.08. The van der Waals surface area contributed by atoms with Gasteiger partial charge in [0.15, 0.2) is 16.9 Å². The Kier molecular flexibility index (Phi) is 4.02. The van der Waals surface area contributed by atoms with Crippen LogP contribution in [0.2, 0.25) is 0 Å². The zero-order valence-electron chi connectivity index (χ0n) is 9.87. The molecule has 0 amide bonds. The van der Waals surface area contributed by atoms with E-state index in [-0.39, 0.29) is 17.8 Å². The molecule has 0 radical (unpaired) electrons. The van der Waals surface area contributed by atoms with Crippen LogP contribution in [0.1, 0.15) is 5.69 Å². The first-order valence-corrected chi connectivity index (χ1v) is 4.91. The fourth-order valence-corrected chi connectivity index (χ4v) is 1.71. The fourth-order valence-electron chi connectivity index (χ4n) is 1.71. The van der Waals surface area contributed by atoms with E-state index in [9.17, 15) is 4.79 Å². The minimum absolute atomic E-state index is 0. The van der Waals surface area contributed by atoms with Gasteiger partial charge in [-0.15, -0.1) is 12.4 Å². The van der Waals surface area contributed by atoms with Crippen molar-refractivity contribution in [1.82, 2.24) is 4.98 Å². The van der Waals surface area contributed by atoms with Crippen LogP contribution in [0.25, 0.3) is 10.9 Å². The summed E-state index contributed by atoms with van der Waals surface area (Å²) in [6.45, 7) is 1.84. The second-order valence-corrected chi connectivity index (χ2v) is 3.57. The van der Waals surface area contributed by atoms with Crippen LogP contribution in [0, 0.1) is 6.92 Å². The van der Waals surface area contributed by atoms with Crippen LogP contribution in [-0.4, -0.2) is 19.2 Å². The van der Waals surface area contributed by atoms with Gasteiger partial charge in [-0.2, -0.15) is 0 Å². The van der Waals surface area contributed by atoms with Gasteiger partial charge in [-0.1, -0.05) is 0 Å². The van der Waals surface area contributed by atoms with Crippen LogP contribution in [0.4, 0.5) is 0 Å². The largest absolute Gasteiger partial charge is 0.493 e. The summed E-state index contributed by atoms with van der Waals surface area (Å²) in [5.41, 5.74) is 1.56. The smallest absolute Gasteiger partial charge is 0.189 e. The molecule has 0 fully saturated rings. The summed E-state index contributed by atoms with van der Waals surface area (Å²) in [6.07, 6.45) is 0. The predicted molar refractivity (Wildman–Crippen MR) is 69.7 cm³/mol. The zero-order valence-corrected chi connectivity index (χ0v) is 10.7. The van der Waals surface area contributed by atoms with Crippen molar-refractivity contribution < 1.29 is 9.47 Å². The molecule has 0 saturated heterocycles. The van der Waals surface area contributed by atoms with E-state index in [0.717, 1.165) is 11.2 Å². The minimum atomic E-state index is -0.0211. The van der Waals surface area contributed by atoms with Gasteiger partial charge >= 0.3 is 0 Å². The van der Waals surface area contributed by atoms with Crippen molar-refractivity contribution in [2.24, 2.45) is 0 Å². The van der Waals surface area contributed by atoms with Gasteiger partial charge in [0.2, 0.25) is 0 Å². The average molecular weight is 256 g/mol. The molecule has 0 atom stereocenters. The van der Waals surface area contributed by atoms with E-state index in [1.165, 1.54) is 0 Å². The van der Waals surface area contributed by atoms with Crippen molar-refractivity contribution in [2.75, 3.05) is 14.2 Å². The summed E-state index contributed by atoms with van der Waals surface area (Å²) in [5, 5.41) is 0.600. The Balaban J connectivity index is 0.00000144. The molecule has 0 unspecified atom stereocenters. The van der Waals surface area contributed by atoms with Gasteiger partial charge in [0.1, 0.15) is 0 Å². The Morgan fingerprint density at radius 1 is 1.06 bits per heavy atom. The zero-order chi connectivity index (χ0) is 11.7. The third-order valence-corrected chi connectivity index (χ3v) is 2.47. The number of aromatic nitrogens is 1. The highest BCUT2D eigenvalue weighted by molar-refractivity contribution is 5.85. The topological polar surface area (TPSA) is 51.3 Å². The summed E-state index contributed by atoms with van der Waals surface area (Å²) in [6, 6.07) is 5.02. The van der Waals surface area contributed by atoms with Crippen LogP contribution in [0.5, 0.6) is 11.5 Å². The summed E-state index contributed by atoms with van der Waals surface area (Å²) < 4.78 is 10.3. The molecule has 0 aliphatic heterocycles. The summed E-state index contributed by atoms with van der Waals surface area (Å²) in [7, 11) is 3.11. The number of aromatic amines is 1. The van der Waals surface area contributed by atoms with Gasteiger partial charge < -0.3 is 14.5 Å². The molecule has 0 aliphatic rings. The van der Waals surface area contributed by atoms with Crippen molar-refractivity contribution in [3.05, 3.63) is 34.1 Å². The van der Waals surface area contributed by atoms with Crippen LogP contribution < -0.4 is 14.9 Å². The minimum Gasteiger partial charge on any atom is -0.493 e. The quantitative estimate of drug-likeness (QED) is 0.896. The van der Waals surface area contributed by atoms with Crippen molar-refractivity contribution in [2.45, 2.75) is 6.92 Å². The lowest BCUT2D eigenvalue weighted by Gasteiger charge is -2.09. The first kappa shape index (κ1) is 13.4. The number of hydrogen-bond acceptors (Lipinski definition) is 3. The molecule has 0 saturated carbocycles. The number of fused-ring (bicyclic) bond motifs is 1. The van der Waals surface area contributed by atoms with E-state index in [4.69, 9.17) is 9.47 Å². The maximum Gasteiger partial charge on any atom is 0.189 e. The average Bonchev–Trinajstić information content (AvgIpc) is 2.27. The fraction of sp³-hybridized carbons (Fsp3) is 0.250. The van der Waals surface area contributed by atoms with Crippen molar-refractivity contribution in [3.63, 3.8) is 0 Å². The van der Waals surface area contributed by atoms with Crippen molar-refractivity contribution in [1.29, 1.82) is 0 Å². The number of nitrogens with one attached hydrogen (secondary N) is 1. The maximum absolute atomic E-state index is 11.8. The van der Waals surface area contributed by atoms with Crippen LogP contribution >= 0.6 is 12.4 Å². The van der Waals surface area contributed by atoms with E-state index in [0.29, 0.717) is 16.9 Å². The molecule has 1 N–H and O–H groups in total. The molecule has 1 aromatic carbocycles. The number of methoxy groups -OCH3 is 2. The lowest BCUT2D eigenvalue weighted by atomic mass is 10.1. The molecule has 0 aliphatic carbocycles. The summed E-state index contributed by atoms with van der Waals surface area (Å²) >= 11 is 0. The molecular formula is C12H14ClNO3. The Labute approximate surface area is 105 Å². The Morgan fingerprint density at radius 2 is 1.65 bits per heavy atom. The summed E-state index contributed by atoms with van der Waals surface area (Å²) in [4.78, 5) is 14.9. The monoisotopic (exact) mass is 255 g/mol. The Hall–Kier alpha value is -1.68. The van der Waals surface area contributed by atoms with Gasteiger partial charge in [-0.25, -0.2) is 0 Å². The number of hydrogen-bond donors (Lipinski definition) is 1. The number of pyridine rings is 1. The lowest BCUT2D eigenvalue weighted by molar-refractivity contribution is 0.356. The van der Waals surface area contributed by atoms with Crippen LogP contribution in [-0.2, 0) is 0 Å². The number of H-pyrrole nitrogens is 1. The van der Waals surface area contributed by atoms with E-state index >= 15 is 0 Å². The normalized spacial score (nSPS) is 9.82. The number of ether oxygens (including phenoxy) is 2. The van der Waals surface area contributed by atoms with E-state index < -0.39 is 0 Å². The molecule has 92 valence electrons. The molecule has 1 heterocycles. The molecule has 17 heavy (non-hydrogen) atoms. The van der Waals surface area contributed by atoms with Gasteiger partial charge in [0, 0.05) is 23.2 Å². The molecule has 1 aromatic heterocycles. The van der Waals surface area contributed by atoms with E-state index in [1.807, 2.05) is 6.92 Å². The maximum atomic E-state index is 11.8. The Bertz CT molecular complexity index is 592. The summed E-state index contributed by atoms with van der Waals surface area (Å²) in [5.74, 6) is 1.17. The first-order chi connectivity index (χ1) is 7.65. The van der Waals surface area contributed by atoms with Gasteiger partial charge in [-0.05, 0) is 13.0 Å². The number of benzene rings is 1. The van der Waals surface area contributed by atoms with E-state index in [2.05, 4.69) is 4.98 Å². The molecule has 4 nitrogen and oxygen atoms in total. The predicted octanol–water partition coefficient (Wildman–Crippen LogP) is 2.28. The van der Waals surface area contributed by atoms with Crippen LogP contribution in [0.15, 0.2) is 23.0 Å². The third-order valence-electron chi connectivity index (χ3n) is 2.47. The molecule has 2 rings (SSSR count). The lowest BCUT2D eigenvalue weighted by Crippen LogP contribution is -2.04. The highest BCUT2D eigenvalue weighted by atomic mass is 35.5. The second-order valence-electron chi connectivity index (χ2n) is 3.57. The van der Waals surface area contributed by atoms with E-state index in [1.54, 1.807) is 32.4 Å². The number of rotatable bonds is 2. The standard InChI is InChI=1S/C12H13NO3.ClH/c1-7-4-10(14)8-5-11(15-2)12(16-3)6-9(8)13-7;/h4-6H,1-3H3,(H,13,14);1H. The SMILES string of the molecule is COc1cc2[nH]c(C)cc(=O)c2cc1OC.Cl.